The highest BCUT2D eigenvalue weighted by Crippen LogP contribution is 2.65. The highest BCUT2D eigenvalue weighted by Gasteiger charge is 2.56. The van der Waals surface area contributed by atoms with E-state index >= 15 is 0 Å². The van der Waals surface area contributed by atoms with Crippen LogP contribution in [0.5, 0.6) is 5.75 Å². The van der Waals surface area contributed by atoms with Crippen molar-refractivity contribution in [2.45, 2.75) is 30.6 Å². The number of hydrogen-bond donors (Lipinski definition) is 1. The second-order valence-electron chi connectivity index (χ2n) is 6.62. The van der Waals surface area contributed by atoms with E-state index in [2.05, 4.69) is 6.08 Å². The van der Waals surface area contributed by atoms with Crippen molar-refractivity contribution in [3.05, 3.63) is 35.9 Å². The lowest BCUT2D eigenvalue weighted by Gasteiger charge is -2.60. The van der Waals surface area contributed by atoms with Gasteiger partial charge in [-0.3, -0.25) is 4.55 Å². The summed E-state index contributed by atoms with van der Waals surface area (Å²) in [6.45, 7) is 0.678. The SMILES string of the molecule is O=S(=O)(O)c1ccc(OCC23CC4CC=C2C(C4)C3)cc1. The van der Waals surface area contributed by atoms with Crippen LogP contribution >= 0.6 is 0 Å². The first-order valence-corrected chi connectivity index (χ1v) is 8.81. The molecule has 4 aliphatic carbocycles. The molecule has 0 aromatic heterocycles. The van der Waals surface area contributed by atoms with E-state index in [1.54, 1.807) is 17.7 Å². The number of benzene rings is 1. The second kappa shape index (κ2) is 4.34. The summed E-state index contributed by atoms with van der Waals surface area (Å²) in [5, 5.41) is 0. The minimum Gasteiger partial charge on any atom is -0.493 e. The van der Waals surface area contributed by atoms with Crippen LogP contribution in [0.3, 0.4) is 0 Å². The predicted octanol–water partition coefficient (Wildman–Crippen LogP) is 3.06. The molecule has 2 fully saturated rings. The lowest BCUT2D eigenvalue weighted by Crippen LogP contribution is -2.53. The van der Waals surface area contributed by atoms with Crippen LogP contribution < -0.4 is 4.74 Å². The van der Waals surface area contributed by atoms with Gasteiger partial charge in [-0.2, -0.15) is 8.42 Å². The Morgan fingerprint density at radius 1 is 1.24 bits per heavy atom. The molecule has 112 valence electrons. The van der Waals surface area contributed by atoms with Crippen LogP contribution in [-0.4, -0.2) is 19.6 Å². The molecule has 4 bridgehead atoms. The van der Waals surface area contributed by atoms with Gasteiger partial charge in [-0.1, -0.05) is 11.6 Å². The van der Waals surface area contributed by atoms with Crippen LogP contribution in [0.1, 0.15) is 25.7 Å². The molecule has 4 nitrogen and oxygen atoms in total. The maximum absolute atomic E-state index is 11.0. The smallest absolute Gasteiger partial charge is 0.294 e. The van der Waals surface area contributed by atoms with E-state index in [0.717, 1.165) is 11.8 Å². The Hall–Kier alpha value is -1.33. The molecule has 0 aliphatic heterocycles. The van der Waals surface area contributed by atoms with Crippen LogP contribution in [0, 0.1) is 17.3 Å². The van der Waals surface area contributed by atoms with Gasteiger partial charge >= 0.3 is 0 Å². The number of fused-ring (bicyclic) bond motifs is 1. The molecule has 0 saturated heterocycles. The molecule has 1 N–H and O–H groups in total. The fourth-order valence-electron chi connectivity index (χ4n) is 4.44. The first-order chi connectivity index (χ1) is 9.96. The van der Waals surface area contributed by atoms with Gasteiger partial charge in [0.2, 0.25) is 0 Å². The zero-order chi connectivity index (χ0) is 14.7. The summed E-state index contributed by atoms with van der Waals surface area (Å²) >= 11 is 0. The van der Waals surface area contributed by atoms with E-state index in [1.807, 2.05) is 0 Å². The zero-order valence-corrected chi connectivity index (χ0v) is 12.5. The standard InChI is InChI=1S/C16H18O4S/c17-21(18,19)14-4-2-13(3-5-14)20-10-16-8-11-1-6-15(16)12(7-11)9-16/h2-6,11-12H,1,7-10H2,(H,17,18,19). The summed E-state index contributed by atoms with van der Waals surface area (Å²) in [6, 6.07) is 5.95. The maximum Gasteiger partial charge on any atom is 0.294 e. The van der Waals surface area contributed by atoms with Gasteiger partial charge in [0.15, 0.2) is 0 Å². The average molecular weight is 306 g/mol. The molecule has 2 saturated carbocycles. The summed E-state index contributed by atoms with van der Waals surface area (Å²) in [5.74, 6) is 2.28. The third kappa shape index (κ3) is 2.10. The van der Waals surface area contributed by atoms with Crippen LogP contribution in [-0.2, 0) is 10.1 Å². The average Bonchev–Trinajstić information content (AvgIpc) is 2.44. The predicted molar refractivity (Wildman–Crippen MR) is 77.7 cm³/mol. The molecule has 3 atom stereocenters. The first-order valence-electron chi connectivity index (χ1n) is 7.37. The van der Waals surface area contributed by atoms with Crippen molar-refractivity contribution < 1.29 is 17.7 Å². The molecular weight excluding hydrogens is 288 g/mol. The zero-order valence-electron chi connectivity index (χ0n) is 11.7. The van der Waals surface area contributed by atoms with Crippen molar-refractivity contribution in [1.82, 2.24) is 0 Å². The van der Waals surface area contributed by atoms with Crippen molar-refractivity contribution >= 4 is 10.1 Å². The number of hydrogen-bond acceptors (Lipinski definition) is 3. The Labute approximate surface area is 124 Å². The number of allylic oxidation sites excluding steroid dienone is 1. The van der Waals surface area contributed by atoms with Crippen molar-refractivity contribution in [2.24, 2.45) is 17.3 Å². The Morgan fingerprint density at radius 3 is 2.57 bits per heavy atom. The Kier molecular flexibility index (Phi) is 2.75. The summed E-state index contributed by atoms with van der Waals surface area (Å²) in [4.78, 5) is -0.101. The minimum atomic E-state index is -4.13. The van der Waals surface area contributed by atoms with Gasteiger partial charge in [0.1, 0.15) is 5.75 Å². The molecule has 4 aliphatic rings. The molecule has 1 aromatic carbocycles. The van der Waals surface area contributed by atoms with Crippen LogP contribution in [0.15, 0.2) is 40.8 Å². The monoisotopic (exact) mass is 306 g/mol. The third-order valence-corrected chi connectivity index (χ3v) is 6.16. The van der Waals surface area contributed by atoms with E-state index in [1.165, 1.54) is 37.8 Å². The summed E-state index contributed by atoms with van der Waals surface area (Å²) in [7, 11) is -4.13. The van der Waals surface area contributed by atoms with E-state index in [4.69, 9.17) is 9.29 Å². The molecule has 0 heterocycles. The Balaban J connectivity index is 1.46. The van der Waals surface area contributed by atoms with Crippen molar-refractivity contribution in [3.8, 4) is 5.75 Å². The molecule has 21 heavy (non-hydrogen) atoms. The number of rotatable bonds is 4. The fourth-order valence-corrected chi connectivity index (χ4v) is 4.92. The molecule has 0 radical (unpaired) electrons. The Morgan fingerprint density at radius 2 is 2.00 bits per heavy atom. The van der Waals surface area contributed by atoms with Crippen LogP contribution in [0.25, 0.3) is 0 Å². The molecule has 5 rings (SSSR count). The summed E-state index contributed by atoms with van der Waals surface area (Å²) < 4.78 is 36.8. The second-order valence-corrected chi connectivity index (χ2v) is 8.04. The first kappa shape index (κ1) is 13.3. The van der Waals surface area contributed by atoms with Crippen molar-refractivity contribution in [2.75, 3.05) is 6.61 Å². The van der Waals surface area contributed by atoms with Gasteiger partial charge in [-0.25, -0.2) is 0 Å². The third-order valence-electron chi connectivity index (χ3n) is 5.29. The maximum atomic E-state index is 11.0. The van der Waals surface area contributed by atoms with E-state index in [9.17, 15) is 8.42 Å². The van der Waals surface area contributed by atoms with Gasteiger partial charge in [0.05, 0.1) is 11.5 Å². The highest BCUT2D eigenvalue weighted by molar-refractivity contribution is 7.85. The molecule has 1 aromatic rings. The van der Waals surface area contributed by atoms with Crippen LogP contribution in [0.2, 0.25) is 0 Å². The quantitative estimate of drug-likeness (QED) is 0.686. The van der Waals surface area contributed by atoms with E-state index in [-0.39, 0.29) is 10.3 Å². The molecule has 0 amide bonds. The summed E-state index contributed by atoms with van der Waals surface area (Å²) in [5.41, 5.74) is 1.84. The molecule has 3 unspecified atom stereocenters. The van der Waals surface area contributed by atoms with Crippen LogP contribution in [0.4, 0.5) is 0 Å². The van der Waals surface area contributed by atoms with E-state index in [0.29, 0.717) is 12.4 Å². The van der Waals surface area contributed by atoms with Gasteiger partial charge in [-0.05, 0) is 61.8 Å². The topological polar surface area (TPSA) is 63.6 Å². The lowest BCUT2D eigenvalue weighted by atomic mass is 9.45. The Bertz CT molecular complexity index is 704. The van der Waals surface area contributed by atoms with Gasteiger partial charge in [-0.15, -0.1) is 0 Å². The molecule has 0 spiro atoms. The molecular formula is C16H18O4S. The minimum absolute atomic E-state index is 0.101. The molecule has 5 heteroatoms. The summed E-state index contributed by atoms with van der Waals surface area (Å²) in [6.07, 6.45) is 7.47. The normalized spacial score (nSPS) is 33.3. The number of ether oxygens (including phenoxy) is 1. The van der Waals surface area contributed by atoms with Crippen molar-refractivity contribution in [3.63, 3.8) is 0 Å². The van der Waals surface area contributed by atoms with Crippen molar-refractivity contribution in [1.29, 1.82) is 0 Å². The van der Waals surface area contributed by atoms with Gasteiger partial charge in [0.25, 0.3) is 10.1 Å². The van der Waals surface area contributed by atoms with E-state index < -0.39 is 10.1 Å². The largest absolute Gasteiger partial charge is 0.493 e. The lowest BCUT2D eigenvalue weighted by molar-refractivity contribution is -0.00922. The van der Waals surface area contributed by atoms with Gasteiger partial charge < -0.3 is 4.74 Å². The van der Waals surface area contributed by atoms with Gasteiger partial charge in [0, 0.05) is 5.41 Å². The highest BCUT2D eigenvalue weighted by atomic mass is 32.2. The fraction of sp³-hybridized carbons (Fsp3) is 0.500.